The number of hydrogen-bond acceptors (Lipinski definition) is 3. The van der Waals surface area contributed by atoms with Crippen LogP contribution in [-0.4, -0.2) is 12.6 Å². The van der Waals surface area contributed by atoms with E-state index in [1.54, 1.807) is 11.3 Å². The van der Waals surface area contributed by atoms with Gasteiger partial charge in [0, 0.05) is 21.7 Å². The zero-order valence-electron chi connectivity index (χ0n) is 12.0. The molecule has 0 radical (unpaired) electrons. The molecule has 2 heterocycles. The van der Waals surface area contributed by atoms with Crippen molar-refractivity contribution >= 4 is 17.3 Å². The third kappa shape index (κ3) is 3.36. The van der Waals surface area contributed by atoms with E-state index in [0.29, 0.717) is 19.1 Å². The summed E-state index contributed by atoms with van der Waals surface area (Å²) < 4.78 is 5.65. The number of fused-ring (bicyclic) bond motifs is 1. The van der Waals surface area contributed by atoms with Crippen molar-refractivity contribution in [2.75, 3.05) is 6.61 Å². The van der Waals surface area contributed by atoms with Crippen molar-refractivity contribution in [2.24, 2.45) is 10.7 Å². The number of nitrogens with one attached hydrogen (secondary N) is 1. The zero-order valence-corrected chi connectivity index (χ0v) is 12.8. The summed E-state index contributed by atoms with van der Waals surface area (Å²) in [5, 5.41) is 3.30. The van der Waals surface area contributed by atoms with Crippen LogP contribution in [0.25, 0.3) is 0 Å². The van der Waals surface area contributed by atoms with Crippen LogP contribution in [0.2, 0.25) is 0 Å². The number of nitrogens with zero attached hydrogens (tertiary/aromatic N) is 1. The molecule has 0 fully saturated rings. The smallest absolute Gasteiger partial charge is 0.189 e. The fraction of sp³-hybridized carbons (Fsp3) is 0.312. The molecule has 2 aromatic rings. The summed E-state index contributed by atoms with van der Waals surface area (Å²) in [5.41, 5.74) is 7.17. The summed E-state index contributed by atoms with van der Waals surface area (Å²) in [7, 11) is 0. The van der Waals surface area contributed by atoms with Crippen molar-refractivity contribution in [2.45, 2.75) is 25.9 Å². The monoisotopic (exact) mass is 301 g/mol. The van der Waals surface area contributed by atoms with E-state index in [0.717, 1.165) is 17.7 Å². The van der Waals surface area contributed by atoms with E-state index in [2.05, 4.69) is 35.4 Å². The molecule has 3 rings (SSSR count). The van der Waals surface area contributed by atoms with Gasteiger partial charge in [-0.2, -0.15) is 0 Å². The number of ether oxygens (including phenoxy) is 1. The number of nitrogens with two attached hydrogens (primary N) is 1. The van der Waals surface area contributed by atoms with E-state index in [9.17, 15) is 0 Å². The molecule has 0 aliphatic carbocycles. The van der Waals surface area contributed by atoms with Gasteiger partial charge in [0.2, 0.25) is 0 Å². The Morgan fingerprint density at radius 1 is 1.38 bits per heavy atom. The Hall–Kier alpha value is -2.01. The number of para-hydroxylation sites is 1. The second kappa shape index (κ2) is 6.18. The first-order valence-corrected chi connectivity index (χ1v) is 7.87. The Bertz CT molecular complexity index is 650. The number of rotatable bonds is 3. The van der Waals surface area contributed by atoms with E-state index in [1.807, 2.05) is 18.2 Å². The maximum Gasteiger partial charge on any atom is 0.189 e. The predicted molar refractivity (Wildman–Crippen MR) is 86.8 cm³/mol. The van der Waals surface area contributed by atoms with Gasteiger partial charge in [0.05, 0.1) is 19.2 Å². The Kier molecular flexibility index (Phi) is 4.10. The molecule has 0 saturated carbocycles. The highest BCUT2D eigenvalue weighted by Gasteiger charge is 2.21. The standard InChI is InChI=1S/C16H19N3OS/c1-11-6-7-12(21-11)10-18-16(17)19-14-8-9-20-15-5-3-2-4-13(14)15/h2-7,14H,8-10H2,1H3,(H3,17,18,19). The quantitative estimate of drug-likeness (QED) is 0.677. The lowest BCUT2D eigenvalue weighted by Gasteiger charge is -2.26. The van der Waals surface area contributed by atoms with Crippen LogP contribution in [-0.2, 0) is 6.54 Å². The average Bonchev–Trinajstić information content (AvgIpc) is 2.91. The normalized spacial score (nSPS) is 18.0. The Morgan fingerprint density at radius 3 is 3.05 bits per heavy atom. The summed E-state index contributed by atoms with van der Waals surface area (Å²) in [6, 6.07) is 12.4. The maximum atomic E-state index is 6.02. The summed E-state index contributed by atoms with van der Waals surface area (Å²) in [6.45, 7) is 3.42. The highest BCUT2D eigenvalue weighted by molar-refractivity contribution is 7.11. The third-order valence-corrected chi connectivity index (χ3v) is 4.47. The minimum atomic E-state index is 0.170. The maximum absolute atomic E-state index is 6.02. The first-order valence-electron chi connectivity index (χ1n) is 7.06. The molecule has 1 aliphatic rings. The van der Waals surface area contributed by atoms with E-state index in [4.69, 9.17) is 10.5 Å². The molecule has 4 nitrogen and oxygen atoms in total. The zero-order chi connectivity index (χ0) is 14.7. The van der Waals surface area contributed by atoms with Crippen LogP contribution in [0, 0.1) is 6.92 Å². The van der Waals surface area contributed by atoms with Gasteiger partial charge in [-0.05, 0) is 25.1 Å². The summed E-state index contributed by atoms with van der Waals surface area (Å²) in [6.07, 6.45) is 0.894. The highest BCUT2D eigenvalue weighted by atomic mass is 32.1. The molecule has 1 aliphatic heterocycles. The fourth-order valence-corrected chi connectivity index (χ4v) is 3.26. The molecule has 0 amide bonds. The number of benzene rings is 1. The number of guanidine groups is 1. The molecule has 1 aromatic carbocycles. The molecule has 0 saturated heterocycles. The van der Waals surface area contributed by atoms with Crippen LogP contribution < -0.4 is 15.8 Å². The van der Waals surface area contributed by atoms with Gasteiger partial charge in [-0.3, -0.25) is 0 Å². The van der Waals surface area contributed by atoms with Crippen LogP contribution in [0.3, 0.4) is 0 Å². The molecular weight excluding hydrogens is 282 g/mol. The van der Waals surface area contributed by atoms with Gasteiger partial charge in [0.25, 0.3) is 0 Å². The van der Waals surface area contributed by atoms with Gasteiger partial charge in [-0.1, -0.05) is 18.2 Å². The first-order chi connectivity index (χ1) is 10.2. The molecule has 21 heavy (non-hydrogen) atoms. The van der Waals surface area contributed by atoms with E-state index in [-0.39, 0.29) is 6.04 Å². The van der Waals surface area contributed by atoms with Crippen molar-refractivity contribution in [1.82, 2.24) is 5.32 Å². The van der Waals surface area contributed by atoms with Crippen LogP contribution in [0.5, 0.6) is 5.75 Å². The molecule has 0 bridgehead atoms. The SMILES string of the molecule is Cc1ccc(CN=C(N)NC2CCOc3ccccc32)s1. The second-order valence-electron chi connectivity index (χ2n) is 5.09. The van der Waals surface area contributed by atoms with Gasteiger partial charge >= 0.3 is 0 Å². The minimum absolute atomic E-state index is 0.170. The number of thiophene rings is 1. The van der Waals surface area contributed by atoms with Gasteiger partial charge in [0.1, 0.15) is 5.75 Å². The number of aliphatic imine (C=N–C) groups is 1. The molecular formula is C16H19N3OS. The third-order valence-electron chi connectivity index (χ3n) is 3.48. The average molecular weight is 301 g/mol. The largest absolute Gasteiger partial charge is 0.493 e. The highest BCUT2D eigenvalue weighted by Crippen LogP contribution is 2.31. The second-order valence-corrected chi connectivity index (χ2v) is 6.46. The molecule has 3 N–H and O–H groups in total. The van der Waals surface area contributed by atoms with Crippen LogP contribution in [0.4, 0.5) is 0 Å². The van der Waals surface area contributed by atoms with Crippen molar-refractivity contribution in [3.05, 3.63) is 51.7 Å². The molecule has 1 atom stereocenters. The lowest BCUT2D eigenvalue weighted by molar-refractivity contribution is 0.262. The van der Waals surface area contributed by atoms with Gasteiger partial charge < -0.3 is 15.8 Å². The molecule has 110 valence electrons. The van der Waals surface area contributed by atoms with Gasteiger partial charge in [-0.15, -0.1) is 11.3 Å². The van der Waals surface area contributed by atoms with Crippen molar-refractivity contribution < 1.29 is 4.74 Å². The Labute approximate surface area is 128 Å². The minimum Gasteiger partial charge on any atom is -0.493 e. The summed E-state index contributed by atoms with van der Waals surface area (Å²) >= 11 is 1.75. The lowest BCUT2D eigenvalue weighted by Crippen LogP contribution is -2.37. The van der Waals surface area contributed by atoms with Gasteiger partial charge in [0.15, 0.2) is 5.96 Å². The van der Waals surface area contributed by atoms with Crippen molar-refractivity contribution in [3.63, 3.8) is 0 Å². The Balaban J connectivity index is 1.66. The Morgan fingerprint density at radius 2 is 2.24 bits per heavy atom. The summed E-state index contributed by atoms with van der Waals surface area (Å²) in [4.78, 5) is 6.95. The molecule has 1 aromatic heterocycles. The first kappa shape index (κ1) is 13.9. The fourth-order valence-electron chi connectivity index (χ4n) is 2.45. The molecule has 0 spiro atoms. The number of hydrogen-bond donors (Lipinski definition) is 2. The van der Waals surface area contributed by atoms with E-state index in [1.165, 1.54) is 9.75 Å². The number of aryl methyl sites for hydroxylation is 1. The van der Waals surface area contributed by atoms with Crippen LogP contribution >= 0.6 is 11.3 Å². The van der Waals surface area contributed by atoms with Gasteiger partial charge in [-0.25, -0.2) is 4.99 Å². The van der Waals surface area contributed by atoms with Crippen LogP contribution in [0.1, 0.15) is 27.8 Å². The van der Waals surface area contributed by atoms with Crippen LogP contribution in [0.15, 0.2) is 41.4 Å². The molecule has 1 unspecified atom stereocenters. The lowest BCUT2D eigenvalue weighted by atomic mass is 10.0. The van der Waals surface area contributed by atoms with Crippen molar-refractivity contribution in [3.8, 4) is 5.75 Å². The molecule has 5 heteroatoms. The summed E-state index contributed by atoms with van der Waals surface area (Å²) in [5.74, 6) is 1.42. The van der Waals surface area contributed by atoms with E-state index < -0.39 is 0 Å². The van der Waals surface area contributed by atoms with Crippen molar-refractivity contribution in [1.29, 1.82) is 0 Å². The van der Waals surface area contributed by atoms with E-state index >= 15 is 0 Å². The predicted octanol–water partition coefficient (Wildman–Crippen LogP) is 2.98. The topological polar surface area (TPSA) is 59.6 Å².